The van der Waals surface area contributed by atoms with Crippen LogP contribution in [0.25, 0.3) is 21.5 Å². The lowest BCUT2D eigenvalue weighted by molar-refractivity contribution is 0.356. The lowest BCUT2D eigenvalue weighted by Gasteiger charge is -2.11. The standard InChI is InChI=1S/C17H16O3/c1-18-13-6-7-14-11(8-13)4-5-12-9-16(19-2)17(20-3)10-15(12)14/h4-10H,1-3H3. The van der Waals surface area contributed by atoms with Gasteiger partial charge >= 0.3 is 0 Å². The zero-order valence-electron chi connectivity index (χ0n) is 11.8. The quantitative estimate of drug-likeness (QED) is 0.671. The van der Waals surface area contributed by atoms with Crippen LogP contribution in [0.1, 0.15) is 0 Å². The van der Waals surface area contributed by atoms with Crippen LogP contribution in [0.15, 0.2) is 42.5 Å². The van der Waals surface area contributed by atoms with E-state index >= 15 is 0 Å². The summed E-state index contributed by atoms with van der Waals surface area (Å²) in [6.07, 6.45) is 0. The molecule has 0 unspecified atom stereocenters. The highest BCUT2D eigenvalue weighted by Gasteiger charge is 2.08. The molecule has 0 amide bonds. The van der Waals surface area contributed by atoms with Crippen LogP contribution in [0.4, 0.5) is 0 Å². The third kappa shape index (κ3) is 1.92. The summed E-state index contributed by atoms with van der Waals surface area (Å²) in [7, 11) is 4.98. The van der Waals surface area contributed by atoms with E-state index < -0.39 is 0 Å². The first-order valence-electron chi connectivity index (χ1n) is 6.39. The van der Waals surface area contributed by atoms with Gasteiger partial charge in [0.05, 0.1) is 21.3 Å². The molecule has 3 heteroatoms. The minimum absolute atomic E-state index is 0.739. The van der Waals surface area contributed by atoms with Gasteiger partial charge in [0, 0.05) is 0 Å². The normalized spacial score (nSPS) is 10.8. The molecule has 3 aromatic carbocycles. The molecule has 20 heavy (non-hydrogen) atoms. The summed E-state index contributed by atoms with van der Waals surface area (Å²) < 4.78 is 16.0. The van der Waals surface area contributed by atoms with Crippen molar-refractivity contribution in [1.82, 2.24) is 0 Å². The topological polar surface area (TPSA) is 27.7 Å². The molecule has 102 valence electrons. The van der Waals surface area contributed by atoms with Gasteiger partial charge in [0.2, 0.25) is 0 Å². The number of fused-ring (bicyclic) bond motifs is 3. The zero-order chi connectivity index (χ0) is 14.1. The fourth-order valence-electron chi connectivity index (χ4n) is 2.50. The van der Waals surface area contributed by atoms with Gasteiger partial charge in [0.15, 0.2) is 11.5 Å². The first kappa shape index (κ1) is 12.6. The monoisotopic (exact) mass is 268 g/mol. The van der Waals surface area contributed by atoms with E-state index in [1.54, 1.807) is 21.3 Å². The van der Waals surface area contributed by atoms with Crippen LogP contribution < -0.4 is 14.2 Å². The molecule has 3 nitrogen and oxygen atoms in total. The predicted molar refractivity (Wildman–Crippen MR) is 81.1 cm³/mol. The smallest absolute Gasteiger partial charge is 0.161 e. The van der Waals surface area contributed by atoms with Crippen LogP contribution in [-0.2, 0) is 0 Å². The van der Waals surface area contributed by atoms with E-state index in [2.05, 4.69) is 18.2 Å². The van der Waals surface area contributed by atoms with Crippen LogP contribution in [0.5, 0.6) is 17.2 Å². The van der Waals surface area contributed by atoms with Crippen molar-refractivity contribution in [3.05, 3.63) is 42.5 Å². The van der Waals surface area contributed by atoms with E-state index in [0.717, 1.165) is 33.4 Å². The second-order valence-electron chi connectivity index (χ2n) is 4.58. The second kappa shape index (κ2) is 4.93. The average Bonchev–Trinajstić information content (AvgIpc) is 2.52. The maximum absolute atomic E-state index is 5.39. The molecule has 0 atom stereocenters. The Kier molecular flexibility index (Phi) is 3.11. The van der Waals surface area contributed by atoms with Crippen LogP contribution in [0.2, 0.25) is 0 Å². The molecule has 0 N–H and O–H groups in total. The van der Waals surface area contributed by atoms with E-state index in [-0.39, 0.29) is 0 Å². The third-order valence-electron chi connectivity index (χ3n) is 3.55. The van der Waals surface area contributed by atoms with Crippen LogP contribution in [0.3, 0.4) is 0 Å². The molecule has 0 bridgehead atoms. The highest BCUT2D eigenvalue weighted by molar-refractivity contribution is 6.08. The van der Waals surface area contributed by atoms with Gasteiger partial charge < -0.3 is 14.2 Å². The Bertz CT molecular complexity index is 778. The van der Waals surface area contributed by atoms with Crippen molar-refractivity contribution in [2.45, 2.75) is 0 Å². The molecule has 0 aromatic heterocycles. The fraction of sp³-hybridized carbons (Fsp3) is 0.176. The molecule has 0 fully saturated rings. The van der Waals surface area contributed by atoms with E-state index in [9.17, 15) is 0 Å². The van der Waals surface area contributed by atoms with Crippen LogP contribution >= 0.6 is 0 Å². The van der Waals surface area contributed by atoms with Gasteiger partial charge in [-0.2, -0.15) is 0 Å². The molecule has 0 saturated carbocycles. The third-order valence-corrected chi connectivity index (χ3v) is 3.55. The van der Waals surface area contributed by atoms with Gasteiger partial charge in [-0.1, -0.05) is 18.2 Å². The molecule has 0 aliphatic heterocycles. The van der Waals surface area contributed by atoms with Gasteiger partial charge in [-0.05, 0) is 45.8 Å². The summed E-state index contributed by atoms with van der Waals surface area (Å²) in [5, 5.41) is 4.58. The minimum Gasteiger partial charge on any atom is -0.497 e. The molecular formula is C17H16O3. The number of methoxy groups -OCH3 is 3. The molecule has 0 saturated heterocycles. The van der Waals surface area contributed by atoms with Crippen molar-refractivity contribution in [2.75, 3.05) is 21.3 Å². The lowest BCUT2D eigenvalue weighted by atomic mass is 10.0. The number of hydrogen-bond acceptors (Lipinski definition) is 3. The lowest BCUT2D eigenvalue weighted by Crippen LogP contribution is -1.91. The average molecular weight is 268 g/mol. The predicted octanol–water partition coefficient (Wildman–Crippen LogP) is 4.02. The first-order valence-corrected chi connectivity index (χ1v) is 6.39. The van der Waals surface area contributed by atoms with Crippen LogP contribution in [-0.4, -0.2) is 21.3 Å². The second-order valence-corrected chi connectivity index (χ2v) is 4.58. The first-order chi connectivity index (χ1) is 9.76. The maximum atomic E-state index is 5.39. The highest BCUT2D eigenvalue weighted by Crippen LogP contribution is 2.36. The molecule has 0 radical (unpaired) electrons. The SMILES string of the molecule is COc1ccc2c(ccc3cc(OC)c(OC)cc32)c1. The van der Waals surface area contributed by atoms with Gasteiger partial charge in [-0.15, -0.1) is 0 Å². The number of ether oxygens (including phenoxy) is 3. The van der Waals surface area contributed by atoms with Crippen molar-refractivity contribution in [1.29, 1.82) is 0 Å². The van der Waals surface area contributed by atoms with Crippen LogP contribution in [0, 0.1) is 0 Å². The van der Waals surface area contributed by atoms with Crippen molar-refractivity contribution < 1.29 is 14.2 Å². The maximum Gasteiger partial charge on any atom is 0.161 e. The molecule has 0 spiro atoms. The Morgan fingerprint density at radius 1 is 0.600 bits per heavy atom. The minimum atomic E-state index is 0.739. The van der Waals surface area contributed by atoms with Crippen molar-refractivity contribution in [3.8, 4) is 17.2 Å². The number of benzene rings is 3. The van der Waals surface area contributed by atoms with Gasteiger partial charge in [-0.25, -0.2) is 0 Å². The zero-order valence-corrected chi connectivity index (χ0v) is 11.8. The van der Waals surface area contributed by atoms with E-state index in [1.165, 1.54) is 5.39 Å². The summed E-state index contributed by atoms with van der Waals surface area (Å²) in [4.78, 5) is 0. The molecule has 3 aromatic rings. The van der Waals surface area contributed by atoms with Crippen molar-refractivity contribution >= 4 is 21.5 Å². The Morgan fingerprint density at radius 2 is 1.25 bits per heavy atom. The molecule has 0 aliphatic carbocycles. The van der Waals surface area contributed by atoms with Gasteiger partial charge in [-0.3, -0.25) is 0 Å². The van der Waals surface area contributed by atoms with Gasteiger partial charge in [0.1, 0.15) is 5.75 Å². The molecule has 0 heterocycles. The van der Waals surface area contributed by atoms with Gasteiger partial charge in [0.25, 0.3) is 0 Å². The Balaban J connectivity index is 2.35. The summed E-state index contributed by atoms with van der Waals surface area (Å²) in [6, 6.07) is 14.3. The summed E-state index contributed by atoms with van der Waals surface area (Å²) in [6.45, 7) is 0. The van der Waals surface area contributed by atoms with E-state index in [0.29, 0.717) is 0 Å². The Labute approximate surface area is 117 Å². The Morgan fingerprint density at radius 3 is 1.90 bits per heavy atom. The summed E-state index contributed by atoms with van der Waals surface area (Å²) >= 11 is 0. The van der Waals surface area contributed by atoms with Crippen molar-refractivity contribution in [3.63, 3.8) is 0 Å². The van der Waals surface area contributed by atoms with Crippen molar-refractivity contribution in [2.24, 2.45) is 0 Å². The van der Waals surface area contributed by atoms with E-state index in [1.807, 2.05) is 24.3 Å². The molecule has 0 aliphatic rings. The Hall–Kier alpha value is -2.42. The summed E-state index contributed by atoms with van der Waals surface area (Å²) in [5.41, 5.74) is 0. The molecule has 3 rings (SSSR count). The summed E-state index contributed by atoms with van der Waals surface area (Å²) in [5.74, 6) is 2.34. The number of rotatable bonds is 3. The highest BCUT2D eigenvalue weighted by atomic mass is 16.5. The largest absolute Gasteiger partial charge is 0.497 e. The fourth-order valence-corrected chi connectivity index (χ4v) is 2.50. The molecular weight excluding hydrogens is 252 g/mol. The van der Waals surface area contributed by atoms with E-state index in [4.69, 9.17) is 14.2 Å². The number of hydrogen-bond donors (Lipinski definition) is 0.